The summed E-state index contributed by atoms with van der Waals surface area (Å²) in [6, 6.07) is 10.6. The third kappa shape index (κ3) is 4.13. The van der Waals surface area contributed by atoms with Crippen LogP contribution in [-0.4, -0.2) is 78.4 Å². The summed E-state index contributed by atoms with van der Waals surface area (Å²) in [5, 5.41) is 0. The highest BCUT2D eigenvalue weighted by Gasteiger charge is 2.34. The van der Waals surface area contributed by atoms with Crippen molar-refractivity contribution in [3.63, 3.8) is 0 Å². The summed E-state index contributed by atoms with van der Waals surface area (Å²) in [6.07, 6.45) is 2.16. The molecule has 0 radical (unpaired) electrons. The standard InChI is InChI=1S/C19H29N3OS/c1-20-10-8-17(9-11-20)21(2)19(23)18(16-6-4-3-5-7-16)22-12-14-24-15-13-22/h3-7,17-18H,8-15H2,1-2H3/t18-/m1/s1. The lowest BCUT2D eigenvalue weighted by molar-refractivity contribution is -0.139. The van der Waals surface area contributed by atoms with Gasteiger partial charge >= 0.3 is 0 Å². The van der Waals surface area contributed by atoms with Gasteiger partial charge in [0.1, 0.15) is 6.04 Å². The molecule has 2 aliphatic heterocycles. The second-order valence-electron chi connectivity index (χ2n) is 6.95. The summed E-state index contributed by atoms with van der Waals surface area (Å²) < 4.78 is 0. The van der Waals surface area contributed by atoms with Gasteiger partial charge in [-0.3, -0.25) is 9.69 Å². The third-order valence-electron chi connectivity index (χ3n) is 5.34. The fourth-order valence-electron chi connectivity index (χ4n) is 3.74. The average Bonchev–Trinajstić information content (AvgIpc) is 2.64. The monoisotopic (exact) mass is 347 g/mol. The number of carbonyl (C=O) groups is 1. The van der Waals surface area contributed by atoms with Crippen LogP contribution in [-0.2, 0) is 4.79 Å². The van der Waals surface area contributed by atoms with Crippen LogP contribution in [0.25, 0.3) is 0 Å². The van der Waals surface area contributed by atoms with Crippen molar-refractivity contribution in [3.8, 4) is 0 Å². The quantitative estimate of drug-likeness (QED) is 0.835. The van der Waals surface area contributed by atoms with Crippen LogP contribution in [0.4, 0.5) is 0 Å². The largest absolute Gasteiger partial charge is 0.341 e. The van der Waals surface area contributed by atoms with Gasteiger partial charge in [-0.05, 0) is 38.5 Å². The minimum absolute atomic E-state index is 0.128. The molecule has 0 bridgehead atoms. The number of rotatable bonds is 4. The van der Waals surface area contributed by atoms with E-state index in [1.807, 2.05) is 41.9 Å². The van der Waals surface area contributed by atoms with Crippen LogP contribution < -0.4 is 0 Å². The molecule has 2 aliphatic rings. The maximum absolute atomic E-state index is 13.4. The molecule has 0 N–H and O–H groups in total. The number of hydrogen-bond donors (Lipinski definition) is 0. The minimum atomic E-state index is -0.128. The Hall–Kier alpha value is -1.04. The topological polar surface area (TPSA) is 26.8 Å². The van der Waals surface area contributed by atoms with Gasteiger partial charge in [0, 0.05) is 37.7 Å². The van der Waals surface area contributed by atoms with E-state index in [1.165, 1.54) is 0 Å². The summed E-state index contributed by atoms with van der Waals surface area (Å²) >= 11 is 1.99. The van der Waals surface area contributed by atoms with Gasteiger partial charge in [-0.1, -0.05) is 30.3 Å². The maximum Gasteiger partial charge on any atom is 0.244 e. The summed E-state index contributed by atoms with van der Waals surface area (Å²) in [5.74, 6) is 2.51. The van der Waals surface area contributed by atoms with E-state index in [0.29, 0.717) is 6.04 Å². The Morgan fingerprint density at radius 3 is 2.38 bits per heavy atom. The van der Waals surface area contributed by atoms with E-state index in [1.54, 1.807) is 0 Å². The van der Waals surface area contributed by atoms with Gasteiger partial charge < -0.3 is 9.80 Å². The van der Waals surface area contributed by atoms with E-state index in [0.717, 1.165) is 56.1 Å². The van der Waals surface area contributed by atoms with Crippen molar-refractivity contribution in [2.75, 3.05) is 51.8 Å². The Bertz CT molecular complexity index is 525. The van der Waals surface area contributed by atoms with E-state index in [9.17, 15) is 4.79 Å². The van der Waals surface area contributed by atoms with Crippen LogP contribution in [0.3, 0.4) is 0 Å². The van der Waals surface area contributed by atoms with Gasteiger partial charge in [0.2, 0.25) is 5.91 Å². The predicted octanol–water partition coefficient (Wildman–Crippen LogP) is 2.33. The molecule has 4 nitrogen and oxygen atoms in total. The highest BCUT2D eigenvalue weighted by molar-refractivity contribution is 7.99. The summed E-state index contributed by atoms with van der Waals surface area (Å²) in [5.41, 5.74) is 1.13. The van der Waals surface area contributed by atoms with E-state index >= 15 is 0 Å². The van der Waals surface area contributed by atoms with Crippen molar-refractivity contribution >= 4 is 17.7 Å². The molecule has 2 heterocycles. The number of likely N-dealkylation sites (tertiary alicyclic amines) is 1. The molecule has 24 heavy (non-hydrogen) atoms. The van der Waals surface area contributed by atoms with Crippen molar-refractivity contribution in [2.45, 2.75) is 24.9 Å². The first-order valence-electron chi connectivity index (χ1n) is 8.99. The molecular weight excluding hydrogens is 318 g/mol. The lowest BCUT2D eigenvalue weighted by Gasteiger charge is -2.40. The zero-order chi connectivity index (χ0) is 16.9. The first-order chi connectivity index (χ1) is 11.7. The Labute approximate surface area is 150 Å². The maximum atomic E-state index is 13.4. The molecule has 2 fully saturated rings. The summed E-state index contributed by atoms with van der Waals surface area (Å²) in [4.78, 5) is 20.1. The van der Waals surface area contributed by atoms with Crippen LogP contribution in [0, 0.1) is 0 Å². The highest BCUT2D eigenvalue weighted by atomic mass is 32.2. The van der Waals surface area contributed by atoms with Gasteiger partial charge in [-0.25, -0.2) is 0 Å². The summed E-state index contributed by atoms with van der Waals surface area (Å²) in [7, 11) is 4.17. The van der Waals surface area contributed by atoms with Gasteiger partial charge in [0.15, 0.2) is 0 Å². The first kappa shape index (κ1) is 17.8. The van der Waals surface area contributed by atoms with Crippen molar-refractivity contribution < 1.29 is 4.79 Å². The van der Waals surface area contributed by atoms with Crippen LogP contribution in [0.2, 0.25) is 0 Å². The van der Waals surface area contributed by atoms with E-state index in [-0.39, 0.29) is 11.9 Å². The molecule has 2 saturated heterocycles. The smallest absolute Gasteiger partial charge is 0.244 e. The van der Waals surface area contributed by atoms with Gasteiger partial charge in [-0.2, -0.15) is 11.8 Å². The average molecular weight is 348 g/mol. The van der Waals surface area contributed by atoms with Gasteiger partial charge in [0.05, 0.1) is 0 Å². The lowest BCUT2D eigenvalue weighted by atomic mass is 9.99. The number of hydrogen-bond acceptors (Lipinski definition) is 4. The molecule has 1 aromatic rings. The third-order valence-corrected chi connectivity index (χ3v) is 6.29. The zero-order valence-electron chi connectivity index (χ0n) is 14.9. The van der Waals surface area contributed by atoms with Crippen molar-refractivity contribution in [3.05, 3.63) is 35.9 Å². The minimum Gasteiger partial charge on any atom is -0.341 e. The molecule has 0 unspecified atom stereocenters. The molecule has 1 amide bonds. The Morgan fingerprint density at radius 1 is 1.12 bits per heavy atom. The highest BCUT2D eigenvalue weighted by Crippen LogP contribution is 2.28. The molecule has 0 spiro atoms. The van der Waals surface area contributed by atoms with Crippen molar-refractivity contribution in [1.29, 1.82) is 0 Å². The first-order valence-corrected chi connectivity index (χ1v) is 10.1. The number of amides is 1. The fraction of sp³-hybridized carbons (Fsp3) is 0.632. The Morgan fingerprint density at radius 2 is 1.75 bits per heavy atom. The second kappa shape index (κ2) is 8.37. The molecular formula is C19H29N3OS. The van der Waals surface area contributed by atoms with Gasteiger partial charge in [0.25, 0.3) is 0 Å². The number of nitrogens with zero attached hydrogens (tertiary/aromatic N) is 3. The Balaban J connectivity index is 1.77. The molecule has 0 aliphatic carbocycles. The van der Waals surface area contributed by atoms with Gasteiger partial charge in [-0.15, -0.1) is 0 Å². The SMILES string of the molecule is CN1CCC(N(C)C(=O)[C@@H](c2ccccc2)N2CCSCC2)CC1. The summed E-state index contributed by atoms with van der Waals surface area (Å²) in [6.45, 7) is 4.16. The number of likely N-dealkylation sites (N-methyl/N-ethyl adjacent to an activating group) is 1. The molecule has 0 saturated carbocycles. The van der Waals surface area contributed by atoms with E-state index in [2.05, 4.69) is 29.0 Å². The van der Waals surface area contributed by atoms with E-state index in [4.69, 9.17) is 0 Å². The molecule has 1 atom stereocenters. The van der Waals surface area contributed by atoms with Crippen LogP contribution >= 0.6 is 11.8 Å². The zero-order valence-corrected chi connectivity index (χ0v) is 15.7. The van der Waals surface area contributed by atoms with Crippen molar-refractivity contribution in [2.24, 2.45) is 0 Å². The normalized spacial score (nSPS) is 22.2. The van der Waals surface area contributed by atoms with Crippen molar-refractivity contribution in [1.82, 2.24) is 14.7 Å². The molecule has 132 valence electrons. The molecule has 1 aromatic carbocycles. The van der Waals surface area contributed by atoms with Crippen LogP contribution in [0.15, 0.2) is 30.3 Å². The molecule has 0 aromatic heterocycles. The number of carbonyl (C=O) groups excluding carboxylic acids is 1. The molecule has 3 rings (SSSR count). The second-order valence-corrected chi connectivity index (χ2v) is 8.17. The fourth-order valence-corrected chi connectivity index (χ4v) is 4.67. The predicted molar refractivity (Wildman–Crippen MR) is 101 cm³/mol. The number of piperidine rings is 1. The molecule has 5 heteroatoms. The number of benzene rings is 1. The Kier molecular flexibility index (Phi) is 6.19. The van der Waals surface area contributed by atoms with Crippen LogP contribution in [0.5, 0.6) is 0 Å². The lowest BCUT2D eigenvalue weighted by Crippen LogP contribution is -2.50. The van der Waals surface area contributed by atoms with E-state index < -0.39 is 0 Å². The number of thioether (sulfide) groups is 1. The van der Waals surface area contributed by atoms with Crippen LogP contribution in [0.1, 0.15) is 24.4 Å².